The number of carboxylic acid groups (broad SMARTS) is 1. The summed E-state index contributed by atoms with van der Waals surface area (Å²) in [4.78, 5) is 11.5. The smallest absolute Gasteiger partial charge is 0.416 e. The van der Waals surface area contributed by atoms with Gasteiger partial charge in [0.15, 0.2) is 0 Å². The fraction of sp³-hybridized carbons (Fsp3) is 0.458. The summed E-state index contributed by atoms with van der Waals surface area (Å²) < 4.78 is 41.2. The number of nitrogens with one attached hydrogen (secondary N) is 1. The maximum absolute atomic E-state index is 13.7. The number of carbonyl (C=O) groups is 1. The molecule has 0 spiro atoms. The molecule has 2 N–H and O–H groups in total. The molecule has 1 fully saturated rings. The third-order valence-corrected chi connectivity index (χ3v) is 6.72. The van der Waals surface area contributed by atoms with Crippen LogP contribution < -0.4 is 5.32 Å². The lowest BCUT2D eigenvalue weighted by Crippen LogP contribution is -2.17. The molecular formula is C24H28F3NO2S. The van der Waals surface area contributed by atoms with Crippen LogP contribution >= 0.6 is 11.8 Å². The van der Waals surface area contributed by atoms with Crippen LogP contribution in [0.1, 0.15) is 66.7 Å². The Kier molecular flexibility index (Phi) is 8.43. The highest BCUT2D eigenvalue weighted by atomic mass is 32.2. The number of hydrogen-bond donors (Lipinski definition) is 2. The van der Waals surface area contributed by atoms with E-state index in [1.54, 1.807) is 6.07 Å². The molecule has 0 unspecified atom stereocenters. The average molecular weight is 452 g/mol. The van der Waals surface area contributed by atoms with Crippen molar-refractivity contribution >= 4 is 17.7 Å². The van der Waals surface area contributed by atoms with Crippen LogP contribution in [0.3, 0.4) is 0 Å². The Morgan fingerprint density at radius 1 is 1.03 bits per heavy atom. The Bertz CT molecular complexity index is 862. The largest absolute Gasteiger partial charge is 0.481 e. The predicted molar refractivity (Wildman–Crippen MR) is 117 cm³/mol. The number of hydrogen-bond acceptors (Lipinski definition) is 3. The number of halogens is 3. The lowest BCUT2D eigenvalue weighted by atomic mass is 9.81. The molecule has 1 saturated carbocycles. The van der Waals surface area contributed by atoms with Gasteiger partial charge in [-0.15, -0.1) is 11.8 Å². The summed E-state index contributed by atoms with van der Waals surface area (Å²) in [5.74, 6) is -0.340. The summed E-state index contributed by atoms with van der Waals surface area (Å²) in [6, 6.07) is 12.7. The number of carboxylic acids is 1. The maximum Gasteiger partial charge on any atom is 0.416 e. The van der Waals surface area contributed by atoms with Gasteiger partial charge in [0.05, 0.1) is 12.0 Å². The lowest BCUT2D eigenvalue weighted by molar-refractivity contribution is -0.138. The van der Waals surface area contributed by atoms with Crippen LogP contribution in [0.2, 0.25) is 0 Å². The molecule has 0 amide bonds. The standard InChI is InChI=1S/C24H28F3NO2S/c25-24(26,27)22-14-18(8-11-21(22)19-4-2-1-3-5-19)16-31-20-9-6-17(7-10-20)15-28-13-12-23(29)30/h6-11,14,19,28H,1-5,12-13,15-16H2,(H,29,30). The molecule has 0 radical (unpaired) electrons. The minimum atomic E-state index is -4.33. The first-order valence-electron chi connectivity index (χ1n) is 10.7. The van der Waals surface area contributed by atoms with Gasteiger partial charge in [-0.25, -0.2) is 0 Å². The Morgan fingerprint density at radius 3 is 2.35 bits per heavy atom. The van der Waals surface area contributed by atoms with Gasteiger partial charge in [-0.2, -0.15) is 13.2 Å². The first-order valence-corrected chi connectivity index (χ1v) is 11.7. The van der Waals surface area contributed by atoms with Crippen LogP contribution in [0.15, 0.2) is 47.4 Å². The molecule has 0 aromatic heterocycles. The SMILES string of the molecule is O=C(O)CCNCc1ccc(SCc2ccc(C3CCCCC3)c(C(F)(F)F)c2)cc1. The van der Waals surface area contributed by atoms with Gasteiger partial charge >= 0.3 is 12.1 Å². The summed E-state index contributed by atoms with van der Waals surface area (Å²) in [5, 5.41) is 11.7. The molecule has 168 valence electrons. The number of aliphatic carboxylic acids is 1. The number of benzene rings is 2. The number of rotatable bonds is 9. The molecular weight excluding hydrogens is 423 g/mol. The van der Waals surface area contributed by atoms with Crippen LogP contribution in [0, 0.1) is 0 Å². The van der Waals surface area contributed by atoms with E-state index in [2.05, 4.69) is 5.32 Å². The molecule has 1 aliphatic carbocycles. The van der Waals surface area contributed by atoms with Crippen molar-refractivity contribution in [3.05, 3.63) is 64.7 Å². The number of alkyl halides is 3. The highest BCUT2D eigenvalue weighted by Gasteiger charge is 2.35. The van der Waals surface area contributed by atoms with E-state index in [4.69, 9.17) is 5.11 Å². The molecule has 2 aromatic carbocycles. The Hall–Kier alpha value is -1.99. The topological polar surface area (TPSA) is 49.3 Å². The highest BCUT2D eigenvalue weighted by Crippen LogP contribution is 2.41. The first kappa shape index (κ1) is 23.7. The van der Waals surface area contributed by atoms with Crippen LogP contribution in [0.25, 0.3) is 0 Å². The van der Waals surface area contributed by atoms with E-state index in [0.29, 0.717) is 30.0 Å². The van der Waals surface area contributed by atoms with E-state index in [0.717, 1.165) is 42.6 Å². The number of thioether (sulfide) groups is 1. The zero-order valence-electron chi connectivity index (χ0n) is 17.4. The molecule has 7 heteroatoms. The summed E-state index contributed by atoms with van der Waals surface area (Å²) in [6.45, 7) is 0.986. The van der Waals surface area contributed by atoms with Crippen molar-refractivity contribution in [2.45, 2.75) is 67.8 Å². The summed E-state index contributed by atoms with van der Waals surface area (Å²) in [5.41, 5.74) is 1.70. The fourth-order valence-electron chi connectivity index (χ4n) is 4.01. The molecule has 1 aliphatic rings. The second kappa shape index (κ2) is 11.0. The van der Waals surface area contributed by atoms with E-state index >= 15 is 0 Å². The van der Waals surface area contributed by atoms with Crippen molar-refractivity contribution in [3.8, 4) is 0 Å². The molecule has 31 heavy (non-hydrogen) atoms. The van der Waals surface area contributed by atoms with Crippen LogP contribution in [0.5, 0.6) is 0 Å². The van der Waals surface area contributed by atoms with Gasteiger partial charge in [-0.05, 0) is 53.6 Å². The maximum atomic E-state index is 13.7. The lowest BCUT2D eigenvalue weighted by Gasteiger charge is -2.25. The van der Waals surface area contributed by atoms with E-state index in [1.807, 2.05) is 30.3 Å². The van der Waals surface area contributed by atoms with Gasteiger partial charge < -0.3 is 10.4 Å². The minimum Gasteiger partial charge on any atom is -0.481 e. The summed E-state index contributed by atoms with van der Waals surface area (Å²) >= 11 is 1.51. The van der Waals surface area contributed by atoms with E-state index < -0.39 is 17.7 Å². The molecule has 3 rings (SSSR count). The van der Waals surface area contributed by atoms with Gasteiger partial charge in [0, 0.05) is 23.7 Å². The molecule has 0 aliphatic heterocycles. The van der Waals surface area contributed by atoms with Crippen molar-refractivity contribution in [2.24, 2.45) is 0 Å². The Balaban J connectivity index is 1.60. The van der Waals surface area contributed by atoms with Crippen molar-refractivity contribution in [2.75, 3.05) is 6.54 Å². The van der Waals surface area contributed by atoms with E-state index in [9.17, 15) is 18.0 Å². The van der Waals surface area contributed by atoms with Crippen LogP contribution in [-0.2, 0) is 23.3 Å². The van der Waals surface area contributed by atoms with Crippen molar-refractivity contribution in [1.29, 1.82) is 0 Å². The normalized spacial score (nSPS) is 15.2. The predicted octanol–water partition coefficient (Wildman–Crippen LogP) is 6.61. The van der Waals surface area contributed by atoms with Crippen molar-refractivity contribution < 1.29 is 23.1 Å². The molecule has 2 aromatic rings. The minimum absolute atomic E-state index is 0.0173. The van der Waals surface area contributed by atoms with Crippen LogP contribution in [-0.4, -0.2) is 17.6 Å². The second-order valence-corrected chi connectivity index (χ2v) is 9.06. The third-order valence-electron chi connectivity index (χ3n) is 5.64. The summed E-state index contributed by atoms with van der Waals surface area (Å²) in [7, 11) is 0. The molecule has 3 nitrogen and oxygen atoms in total. The third kappa shape index (κ3) is 7.28. The van der Waals surface area contributed by atoms with Gasteiger partial charge in [-0.3, -0.25) is 4.79 Å². The zero-order chi connectivity index (χ0) is 22.3. The fourth-order valence-corrected chi connectivity index (χ4v) is 4.85. The summed E-state index contributed by atoms with van der Waals surface area (Å²) in [6.07, 6.45) is 0.554. The van der Waals surface area contributed by atoms with Gasteiger partial charge in [0.25, 0.3) is 0 Å². The van der Waals surface area contributed by atoms with E-state index in [-0.39, 0.29) is 12.3 Å². The van der Waals surface area contributed by atoms with Crippen LogP contribution in [0.4, 0.5) is 13.2 Å². The molecule has 0 saturated heterocycles. The van der Waals surface area contributed by atoms with Crippen molar-refractivity contribution in [3.63, 3.8) is 0 Å². The van der Waals surface area contributed by atoms with E-state index in [1.165, 1.54) is 17.8 Å². The molecule has 0 atom stereocenters. The Labute approximate surface area is 185 Å². The zero-order valence-corrected chi connectivity index (χ0v) is 18.2. The first-order chi connectivity index (χ1) is 14.8. The molecule has 0 heterocycles. The monoisotopic (exact) mass is 451 g/mol. The second-order valence-electron chi connectivity index (χ2n) is 8.01. The highest BCUT2D eigenvalue weighted by molar-refractivity contribution is 7.98. The van der Waals surface area contributed by atoms with Gasteiger partial charge in [0.2, 0.25) is 0 Å². The van der Waals surface area contributed by atoms with Crippen molar-refractivity contribution in [1.82, 2.24) is 5.32 Å². The quantitative estimate of drug-likeness (QED) is 0.333. The Morgan fingerprint density at radius 2 is 1.71 bits per heavy atom. The average Bonchev–Trinajstić information content (AvgIpc) is 2.76. The van der Waals surface area contributed by atoms with Gasteiger partial charge in [0.1, 0.15) is 0 Å². The molecule has 0 bridgehead atoms. The van der Waals surface area contributed by atoms with Gasteiger partial charge in [-0.1, -0.05) is 43.5 Å².